The molecule has 17 heavy (non-hydrogen) atoms. The molecule has 1 aliphatic carbocycles. The normalized spacial score (nSPS) is 18.1. The molecule has 0 aromatic heterocycles. The maximum atomic E-state index is 11.6. The van der Waals surface area contributed by atoms with Crippen molar-refractivity contribution in [3.8, 4) is 0 Å². The standard InChI is InChI=1S/C10H20N2O4S/c1-8(2)16-10(13)12-17(14,15)11-9-6-4-3-5-7-9/h8-9,11H,3-7H2,1-2H3,(H,12,13). The number of nitrogens with one attached hydrogen (secondary N) is 2. The predicted octanol–water partition coefficient (Wildman–Crippen LogP) is 1.29. The molecule has 2 N–H and O–H groups in total. The van der Waals surface area contributed by atoms with E-state index in [2.05, 4.69) is 4.72 Å². The van der Waals surface area contributed by atoms with Gasteiger partial charge in [0.15, 0.2) is 0 Å². The van der Waals surface area contributed by atoms with Crippen molar-refractivity contribution >= 4 is 16.3 Å². The van der Waals surface area contributed by atoms with Crippen molar-refractivity contribution in [2.75, 3.05) is 0 Å². The summed E-state index contributed by atoms with van der Waals surface area (Å²) in [6.07, 6.45) is 3.53. The first kappa shape index (κ1) is 14.2. The van der Waals surface area contributed by atoms with Crippen LogP contribution in [0.1, 0.15) is 46.0 Å². The van der Waals surface area contributed by atoms with Crippen LogP contribution in [0, 0.1) is 0 Å². The molecule has 0 radical (unpaired) electrons. The summed E-state index contributed by atoms with van der Waals surface area (Å²) in [5, 5.41) is 0. The summed E-state index contributed by atoms with van der Waals surface area (Å²) >= 11 is 0. The van der Waals surface area contributed by atoms with E-state index < -0.39 is 16.3 Å². The fraction of sp³-hybridized carbons (Fsp3) is 0.900. The average molecular weight is 264 g/mol. The molecule has 6 nitrogen and oxygen atoms in total. The van der Waals surface area contributed by atoms with Crippen LogP contribution in [0.5, 0.6) is 0 Å². The first-order valence-corrected chi connectivity index (χ1v) is 7.38. The van der Waals surface area contributed by atoms with Crippen molar-refractivity contribution in [1.29, 1.82) is 0 Å². The van der Waals surface area contributed by atoms with Gasteiger partial charge in [0, 0.05) is 6.04 Å². The van der Waals surface area contributed by atoms with Gasteiger partial charge in [-0.15, -0.1) is 0 Å². The second-order valence-electron chi connectivity index (χ2n) is 4.51. The minimum Gasteiger partial charge on any atom is -0.446 e. The summed E-state index contributed by atoms with van der Waals surface area (Å²) < 4.78 is 32.1. The number of rotatable bonds is 4. The zero-order chi connectivity index (χ0) is 12.9. The van der Waals surface area contributed by atoms with Crippen molar-refractivity contribution in [2.45, 2.75) is 58.1 Å². The molecule has 0 aromatic carbocycles. The summed E-state index contributed by atoms with van der Waals surface area (Å²) in [6, 6.07) is -0.0758. The lowest BCUT2D eigenvalue weighted by atomic mass is 9.96. The number of carbonyl (C=O) groups excluding carboxylic acids is 1. The number of carbonyl (C=O) groups is 1. The van der Waals surface area contributed by atoms with Crippen LogP contribution in [-0.4, -0.2) is 26.7 Å². The van der Waals surface area contributed by atoms with Crippen molar-refractivity contribution < 1.29 is 17.9 Å². The largest absolute Gasteiger partial charge is 0.446 e. The molecule has 0 atom stereocenters. The van der Waals surface area contributed by atoms with Crippen LogP contribution >= 0.6 is 0 Å². The Morgan fingerprint density at radius 3 is 2.35 bits per heavy atom. The molecule has 100 valence electrons. The molecule has 0 bridgehead atoms. The summed E-state index contributed by atoms with van der Waals surface area (Å²) in [6.45, 7) is 3.31. The Labute approximate surface area is 102 Å². The van der Waals surface area contributed by atoms with Gasteiger partial charge in [0.05, 0.1) is 6.10 Å². The molecule has 1 rings (SSSR count). The summed E-state index contributed by atoms with van der Waals surface area (Å²) in [7, 11) is -3.80. The van der Waals surface area contributed by atoms with Gasteiger partial charge in [-0.05, 0) is 26.7 Å². The van der Waals surface area contributed by atoms with Crippen molar-refractivity contribution in [2.24, 2.45) is 0 Å². The number of hydrogen-bond donors (Lipinski definition) is 2. The Bertz CT molecular complexity index is 347. The minimum atomic E-state index is -3.80. The Morgan fingerprint density at radius 2 is 1.82 bits per heavy atom. The van der Waals surface area contributed by atoms with Gasteiger partial charge in [-0.1, -0.05) is 19.3 Å². The lowest BCUT2D eigenvalue weighted by Gasteiger charge is -2.22. The molecule has 1 saturated carbocycles. The lowest BCUT2D eigenvalue weighted by Crippen LogP contribution is -2.46. The minimum absolute atomic E-state index is 0.0758. The first-order chi connectivity index (χ1) is 7.89. The maximum absolute atomic E-state index is 11.6. The van der Waals surface area contributed by atoms with E-state index in [-0.39, 0.29) is 12.1 Å². The molecular weight excluding hydrogens is 244 g/mol. The van der Waals surface area contributed by atoms with Crippen LogP contribution in [0.15, 0.2) is 0 Å². The van der Waals surface area contributed by atoms with E-state index >= 15 is 0 Å². The predicted molar refractivity (Wildman–Crippen MR) is 63.7 cm³/mol. The fourth-order valence-corrected chi connectivity index (χ4v) is 2.82. The van der Waals surface area contributed by atoms with Gasteiger partial charge in [0.1, 0.15) is 0 Å². The molecule has 0 aliphatic heterocycles. The molecule has 1 fully saturated rings. The summed E-state index contributed by atoms with van der Waals surface area (Å²) in [5.41, 5.74) is 0. The van der Waals surface area contributed by atoms with E-state index in [4.69, 9.17) is 4.74 Å². The SMILES string of the molecule is CC(C)OC(=O)NS(=O)(=O)NC1CCCCC1. The van der Waals surface area contributed by atoms with Gasteiger partial charge in [-0.2, -0.15) is 13.1 Å². The number of amides is 1. The van der Waals surface area contributed by atoms with Crippen LogP contribution in [0.3, 0.4) is 0 Å². The monoisotopic (exact) mass is 264 g/mol. The highest BCUT2D eigenvalue weighted by Crippen LogP contribution is 2.17. The van der Waals surface area contributed by atoms with Gasteiger partial charge in [0.2, 0.25) is 0 Å². The Balaban J connectivity index is 2.42. The van der Waals surface area contributed by atoms with E-state index in [1.165, 1.54) is 0 Å². The van der Waals surface area contributed by atoms with E-state index in [0.29, 0.717) is 0 Å². The molecule has 1 aliphatic rings. The zero-order valence-corrected chi connectivity index (χ0v) is 11.0. The molecule has 0 spiro atoms. The third kappa shape index (κ3) is 5.88. The van der Waals surface area contributed by atoms with Crippen LogP contribution in [0.4, 0.5) is 4.79 Å². The molecular formula is C10H20N2O4S. The quantitative estimate of drug-likeness (QED) is 0.801. The van der Waals surface area contributed by atoms with Gasteiger partial charge >= 0.3 is 16.3 Å². The Kier molecular flexibility index (Phi) is 5.20. The second-order valence-corrected chi connectivity index (χ2v) is 5.96. The van der Waals surface area contributed by atoms with Crippen LogP contribution in [0.25, 0.3) is 0 Å². The molecule has 7 heteroatoms. The highest BCUT2D eigenvalue weighted by molar-refractivity contribution is 7.88. The van der Waals surface area contributed by atoms with E-state index in [9.17, 15) is 13.2 Å². The summed E-state index contributed by atoms with van der Waals surface area (Å²) in [4.78, 5) is 11.2. The molecule has 0 heterocycles. The van der Waals surface area contributed by atoms with Crippen LogP contribution < -0.4 is 9.44 Å². The van der Waals surface area contributed by atoms with E-state index in [1.54, 1.807) is 13.8 Å². The molecule has 0 unspecified atom stereocenters. The Hall–Kier alpha value is -0.820. The smallest absolute Gasteiger partial charge is 0.422 e. The van der Waals surface area contributed by atoms with Crippen molar-refractivity contribution in [3.63, 3.8) is 0 Å². The second kappa shape index (κ2) is 6.20. The van der Waals surface area contributed by atoms with Gasteiger partial charge < -0.3 is 4.74 Å². The highest BCUT2D eigenvalue weighted by atomic mass is 32.2. The third-order valence-corrected chi connectivity index (χ3v) is 3.57. The van der Waals surface area contributed by atoms with Crippen LogP contribution in [0.2, 0.25) is 0 Å². The summed E-state index contributed by atoms with van der Waals surface area (Å²) in [5.74, 6) is 0. The molecule has 0 saturated heterocycles. The topological polar surface area (TPSA) is 84.5 Å². The van der Waals surface area contributed by atoms with Gasteiger partial charge in [-0.25, -0.2) is 9.52 Å². The van der Waals surface area contributed by atoms with Crippen LogP contribution in [-0.2, 0) is 14.9 Å². The first-order valence-electron chi connectivity index (χ1n) is 5.90. The Morgan fingerprint density at radius 1 is 1.24 bits per heavy atom. The maximum Gasteiger partial charge on any atom is 0.422 e. The van der Waals surface area contributed by atoms with Gasteiger partial charge in [-0.3, -0.25) is 0 Å². The highest BCUT2D eigenvalue weighted by Gasteiger charge is 2.22. The lowest BCUT2D eigenvalue weighted by molar-refractivity contribution is 0.121. The van der Waals surface area contributed by atoms with Gasteiger partial charge in [0.25, 0.3) is 0 Å². The molecule has 0 aromatic rings. The third-order valence-electron chi connectivity index (χ3n) is 2.49. The van der Waals surface area contributed by atoms with Crippen molar-refractivity contribution in [3.05, 3.63) is 0 Å². The van der Waals surface area contributed by atoms with E-state index in [0.717, 1.165) is 32.1 Å². The fourth-order valence-electron chi connectivity index (χ4n) is 1.82. The average Bonchev–Trinajstić information content (AvgIpc) is 2.15. The number of ether oxygens (including phenoxy) is 1. The number of hydrogen-bond acceptors (Lipinski definition) is 4. The van der Waals surface area contributed by atoms with E-state index in [1.807, 2.05) is 4.72 Å². The zero-order valence-electron chi connectivity index (χ0n) is 10.2. The van der Waals surface area contributed by atoms with Crippen molar-refractivity contribution in [1.82, 2.24) is 9.44 Å². The molecule has 1 amide bonds.